The van der Waals surface area contributed by atoms with Crippen molar-refractivity contribution >= 4 is 29.0 Å². The number of hydrogen-bond acceptors (Lipinski definition) is 5. The zero-order valence-electron chi connectivity index (χ0n) is 12.3. The number of rotatable bonds is 4. The van der Waals surface area contributed by atoms with Gasteiger partial charge in [0.1, 0.15) is 0 Å². The van der Waals surface area contributed by atoms with Crippen LogP contribution in [0.4, 0.5) is 11.4 Å². The van der Waals surface area contributed by atoms with Crippen molar-refractivity contribution in [1.82, 2.24) is 9.97 Å². The number of anilines is 2. The summed E-state index contributed by atoms with van der Waals surface area (Å²) in [6.45, 7) is 5.75. The van der Waals surface area contributed by atoms with E-state index in [0.29, 0.717) is 10.8 Å². The molecular weight excluding hydrogens is 284 g/mol. The summed E-state index contributed by atoms with van der Waals surface area (Å²) in [5.74, 6) is 0.161. The molecule has 0 fully saturated rings. The molecule has 0 radical (unpaired) electrons. The highest BCUT2D eigenvalue weighted by Gasteiger charge is 2.08. The van der Waals surface area contributed by atoms with Gasteiger partial charge in [-0.25, -0.2) is 9.97 Å². The van der Waals surface area contributed by atoms with Gasteiger partial charge in [0.2, 0.25) is 5.91 Å². The average Bonchev–Trinajstić information content (AvgIpc) is 2.40. The number of benzene rings is 1. The van der Waals surface area contributed by atoms with Crippen molar-refractivity contribution in [1.29, 1.82) is 0 Å². The number of aromatic nitrogens is 2. The lowest BCUT2D eigenvalue weighted by Crippen LogP contribution is -2.15. The maximum Gasteiger partial charge on any atom is 0.234 e. The first-order valence-corrected chi connectivity index (χ1v) is 7.53. The third kappa shape index (κ3) is 4.46. The summed E-state index contributed by atoms with van der Waals surface area (Å²) in [6.07, 6.45) is 0. The van der Waals surface area contributed by atoms with Crippen LogP contribution in [0.5, 0.6) is 0 Å². The molecule has 0 aliphatic heterocycles. The standard InChI is InChI=1S/C15H18N4OS/c1-9-4-5-12(16)7-13(9)19-14(20)8-21-15-17-10(2)6-11(3)18-15/h4-7H,8,16H2,1-3H3,(H,19,20). The minimum atomic E-state index is -0.101. The molecule has 21 heavy (non-hydrogen) atoms. The lowest BCUT2D eigenvalue weighted by Gasteiger charge is -2.09. The van der Waals surface area contributed by atoms with E-state index in [-0.39, 0.29) is 11.7 Å². The van der Waals surface area contributed by atoms with Crippen LogP contribution in [0.1, 0.15) is 17.0 Å². The SMILES string of the molecule is Cc1cc(C)nc(SCC(=O)Nc2cc(N)ccc2C)n1. The topological polar surface area (TPSA) is 80.9 Å². The van der Waals surface area contributed by atoms with Gasteiger partial charge in [-0.2, -0.15) is 0 Å². The first kappa shape index (κ1) is 15.3. The number of hydrogen-bond donors (Lipinski definition) is 2. The van der Waals surface area contributed by atoms with E-state index in [1.54, 1.807) is 6.07 Å². The minimum absolute atomic E-state index is 0.101. The van der Waals surface area contributed by atoms with Crippen LogP contribution in [0.15, 0.2) is 29.4 Å². The monoisotopic (exact) mass is 302 g/mol. The maximum absolute atomic E-state index is 12.0. The summed E-state index contributed by atoms with van der Waals surface area (Å²) < 4.78 is 0. The zero-order chi connectivity index (χ0) is 15.4. The lowest BCUT2D eigenvalue weighted by molar-refractivity contribution is -0.113. The second-order valence-electron chi connectivity index (χ2n) is 4.84. The van der Waals surface area contributed by atoms with Crippen LogP contribution in [0, 0.1) is 20.8 Å². The van der Waals surface area contributed by atoms with Crippen molar-refractivity contribution < 1.29 is 4.79 Å². The third-order valence-electron chi connectivity index (χ3n) is 2.83. The van der Waals surface area contributed by atoms with Crippen molar-refractivity contribution in [3.63, 3.8) is 0 Å². The Morgan fingerprint density at radius 3 is 2.52 bits per heavy atom. The number of thioether (sulfide) groups is 1. The second kappa shape index (κ2) is 6.58. The molecule has 3 N–H and O–H groups in total. The largest absolute Gasteiger partial charge is 0.399 e. The Kier molecular flexibility index (Phi) is 4.80. The predicted octanol–water partition coefficient (Wildman–Crippen LogP) is 2.71. The van der Waals surface area contributed by atoms with E-state index in [2.05, 4.69) is 15.3 Å². The average molecular weight is 302 g/mol. The fraction of sp³-hybridized carbons (Fsp3) is 0.267. The molecule has 1 amide bonds. The van der Waals surface area contributed by atoms with Gasteiger partial charge in [-0.1, -0.05) is 17.8 Å². The predicted molar refractivity (Wildman–Crippen MR) is 86.5 cm³/mol. The van der Waals surface area contributed by atoms with Gasteiger partial charge in [0.05, 0.1) is 5.75 Å². The van der Waals surface area contributed by atoms with Gasteiger partial charge in [-0.05, 0) is 44.5 Å². The highest BCUT2D eigenvalue weighted by molar-refractivity contribution is 7.99. The number of amides is 1. The summed E-state index contributed by atoms with van der Waals surface area (Å²) >= 11 is 1.32. The number of nitrogen functional groups attached to an aromatic ring is 1. The summed E-state index contributed by atoms with van der Waals surface area (Å²) in [5.41, 5.74) is 9.87. The van der Waals surface area contributed by atoms with Gasteiger partial charge >= 0.3 is 0 Å². The van der Waals surface area contributed by atoms with Crippen molar-refractivity contribution in [2.45, 2.75) is 25.9 Å². The van der Waals surface area contributed by atoms with Gasteiger partial charge in [0, 0.05) is 22.8 Å². The van der Waals surface area contributed by atoms with Crippen molar-refractivity contribution in [3.8, 4) is 0 Å². The highest BCUT2D eigenvalue weighted by atomic mass is 32.2. The van der Waals surface area contributed by atoms with E-state index in [9.17, 15) is 4.79 Å². The molecule has 1 heterocycles. The van der Waals surface area contributed by atoms with Gasteiger partial charge in [-0.3, -0.25) is 4.79 Å². The zero-order valence-corrected chi connectivity index (χ0v) is 13.1. The summed E-state index contributed by atoms with van der Waals surface area (Å²) in [4.78, 5) is 20.6. The van der Waals surface area contributed by atoms with Crippen LogP contribution in [-0.4, -0.2) is 21.6 Å². The molecule has 1 aromatic heterocycles. The number of nitrogens with two attached hydrogens (primary N) is 1. The lowest BCUT2D eigenvalue weighted by atomic mass is 10.2. The molecule has 0 unspecified atom stereocenters. The quantitative estimate of drug-likeness (QED) is 0.515. The molecule has 5 nitrogen and oxygen atoms in total. The van der Waals surface area contributed by atoms with Crippen LogP contribution < -0.4 is 11.1 Å². The molecule has 6 heteroatoms. The van der Waals surface area contributed by atoms with Crippen LogP contribution >= 0.6 is 11.8 Å². The van der Waals surface area contributed by atoms with Gasteiger partial charge in [-0.15, -0.1) is 0 Å². The number of nitrogens with zero attached hydrogens (tertiary/aromatic N) is 2. The van der Waals surface area contributed by atoms with E-state index in [1.807, 2.05) is 39.0 Å². The molecule has 0 aliphatic rings. The number of aryl methyl sites for hydroxylation is 3. The molecule has 0 saturated carbocycles. The third-order valence-corrected chi connectivity index (χ3v) is 3.68. The number of carbonyl (C=O) groups excluding carboxylic acids is 1. The molecule has 110 valence electrons. The Morgan fingerprint density at radius 1 is 1.19 bits per heavy atom. The Morgan fingerprint density at radius 2 is 1.86 bits per heavy atom. The van der Waals surface area contributed by atoms with E-state index < -0.39 is 0 Å². The Hall–Kier alpha value is -2.08. The summed E-state index contributed by atoms with van der Waals surface area (Å²) in [6, 6.07) is 7.35. The highest BCUT2D eigenvalue weighted by Crippen LogP contribution is 2.19. The van der Waals surface area contributed by atoms with E-state index in [0.717, 1.165) is 22.6 Å². The molecule has 2 aromatic rings. The first-order valence-electron chi connectivity index (χ1n) is 6.55. The number of carbonyl (C=O) groups is 1. The number of nitrogens with one attached hydrogen (secondary N) is 1. The normalized spacial score (nSPS) is 10.4. The van der Waals surface area contributed by atoms with Gasteiger partial charge in [0.15, 0.2) is 5.16 Å². The van der Waals surface area contributed by atoms with Crippen LogP contribution in [0.2, 0.25) is 0 Å². The van der Waals surface area contributed by atoms with Crippen LogP contribution in [0.25, 0.3) is 0 Å². The first-order chi connectivity index (χ1) is 9.94. The van der Waals surface area contributed by atoms with Crippen molar-refractivity contribution in [2.24, 2.45) is 0 Å². The van der Waals surface area contributed by atoms with E-state index in [1.165, 1.54) is 11.8 Å². The smallest absolute Gasteiger partial charge is 0.234 e. The van der Waals surface area contributed by atoms with E-state index >= 15 is 0 Å². The molecule has 0 spiro atoms. The Bertz CT molecular complexity index is 652. The van der Waals surface area contributed by atoms with Crippen molar-refractivity contribution in [3.05, 3.63) is 41.2 Å². The second-order valence-corrected chi connectivity index (χ2v) is 5.79. The molecule has 0 aliphatic carbocycles. The van der Waals surface area contributed by atoms with Crippen LogP contribution in [-0.2, 0) is 4.79 Å². The Labute approximate surface area is 128 Å². The fourth-order valence-corrected chi connectivity index (χ4v) is 2.60. The molecule has 1 aromatic carbocycles. The Balaban J connectivity index is 1.97. The van der Waals surface area contributed by atoms with Crippen molar-refractivity contribution in [2.75, 3.05) is 16.8 Å². The van der Waals surface area contributed by atoms with Crippen LogP contribution in [0.3, 0.4) is 0 Å². The molecule has 0 atom stereocenters. The van der Waals surface area contributed by atoms with Gasteiger partial charge < -0.3 is 11.1 Å². The van der Waals surface area contributed by atoms with E-state index in [4.69, 9.17) is 5.73 Å². The minimum Gasteiger partial charge on any atom is -0.399 e. The maximum atomic E-state index is 12.0. The summed E-state index contributed by atoms with van der Waals surface area (Å²) in [5, 5.41) is 3.47. The van der Waals surface area contributed by atoms with Gasteiger partial charge in [0.25, 0.3) is 0 Å². The summed E-state index contributed by atoms with van der Waals surface area (Å²) in [7, 11) is 0. The molecular formula is C15H18N4OS. The fourth-order valence-electron chi connectivity index (χ4n) is 1.85. The molecule has 0 saturated heterocycles. The molecule has 2 rings (SSSR count). The molecule has 0 bridgehead atoms.